The summed E-state index contributed by atoms with van der Waals surface area (Å²) in [4.78, 5) is 25.0. The highest BCUT2D eigenvalue weighted by Crippen LogP contribution is 2.34. The molecule has 4 heterocycles. The summed E-state index contributed by atoms with van der Waals surface area (Å²) in [6, 6.07) is 3.14. The van der Waals surface area contributed by atoms with Crippen LogP contribution in [0.3, 0.4) is 0 Å². The van der Waals surface area contributed by atoms with Gasteiger partial charge in [-0.1, -0.05) is 29.1 Å². The number of aromatic nitrogens is 4. The minimum Gasteiger partial charge on any atom is -0.505 e. The number of phenols is 1. The van der Waals surface area contributed by atoms with Gasteiger partial charge in [0.2, 0.25) is 0 Å². The minimum atomic E-state index is -1.10. The van der Waals surface area contributed by atoms with Crippen LogP contribution in [0, 0.1) is 35.6 Å². The first-order valence-electron chi connectivity index (χ1n) is 13.4. The fraction of sp³-hybridized carbons (Fsp3) is 0.310. The maximum Gasteiger partial charge on any atom is 0.276 e. The third-order valence-electron chi connectivity index (χ3n) is 7.04. The number of hydrogen-bond acceptors (Lipinski definition) is 6. The lowest BCUT2D eigenvalue weighted by molar-refractivity contribution is 0.137. The van der Waals surface area contributed by atoms with Crippen molar-refractivity contribution in [1.82, 2.24) is 18.7 Å². The molecule has 0 spiro atoms. The van der Waals surface area contributed by atoms with Crippen molar-refractivity contribution in [1.29, 1.82) is 0 Å². The first kappa shape index (κ1) is 32.2. The molecule has 0 saturated carbocycles. The quantitative estimate of drug-likeness (QED) is 0.257. The van der Waals surface area contributed by atoms with E-state index in [9.17, 15) is 32.3 Å². The van der Waals surface area contributed by atoms with Gasteiger partial charge in [-0.2, -0.15) is 0 Å². The van der Waals surface area contributed by atoms with Gasteiger partial charge in [0.15, 0.2) is 23.1 Å². The molecular formula is C29H24Cl2F4N4O6. The molecule has 2 aromatic heterocycles. The lowest BCUT2D eigenvalue weighted by atomic mass is 10.1. The number of benzene rings is 2. The molecule has 0 radical (unpaired) electrons. The Morgan fingerprint density at radius 1 is 0.733 bits per heavy atom. The van der Waals surface area contributed by atoms with Crippen LogP contribution in [0.1, 0.15) is 0 Å². The van der Waals surface area contributed by atoms with Gasteiger partial charge in [-0.05, 0) is 12.1 Å². The SMILES string of the molecule is C#CCOc1cc(-c2c(Cl)n3n(c2=O)CCOCC3)c(F)cc1F.O=c1c(-c2cc(O)c(F)cc2F)c(Cl)n2n1CCOCC2. The number of terminal acetylenes is 1. The number of hydrogen-bond donors (Lipinski definition) is 1. The van der Waals surface area contributed by atoms with Gasteiger partial charge in [0.05, 0.1) is 63.7 Å². The van der Waals surface area contributed by atoms with Crippen molar-refractivity contribution in [3.63, 3.8) is 0 Å². The number of fused-ring (bicyclic) bond motifs is 2. The topological polar surface area (TPSA) is 102 Å². The molecule has 0 fully saturated rings. The Kier molecular flexibility index (Phi) is 9.64. The van der Waals surface area contributed by atoms with Gasteiger partial charge < -0.3 is 19.3 Å². The fourth-order valence-electron chi connectivity index (χ4n) is 4.95. The summed E-state index contributed by atoms with van der Waals surface area (Å²) in [7, 11) is 0. The normalized spacial score (nSPS) is 14.3. The summed E-state index contributed by atoms with van der Waals surface area (Å²) in [6.45, 7) is 2.56. The summed E-state index contributed by atoms with van der Waals surface area (Å²) >= 11 is 12.4. The zero-order chi connectivity index (χ0) is 32.4. The maximum absolute atomic E-state index is 14.3. The van der Waals surface area contributed by atoms with E-state index in [2.05, 4.69) is 5.92 Å². The average molecular weight is 671 g/mol. The number of ether oxygens (including phenoxy) is 3. The van der Waals surface area contributed by atoms with Crippen molar-refractivity contribution in [2.75, 3.05) is 33.0 Å². The van der Waals surface area contributed by atoms with E-state index in [0.717, 1.165) is 12.1 Å². The predicted molar refractivity (Wildman–Crippen MR) is 156 cm³/mol. The van der Waals surface area contributed by atoms with Crippen LogP contribution in [0.15, 0.2) is 33.9 Å². The number of aromatic hydroxyl groups is 1. The van der Waals surface area contributed by atoms with E-state index in [-0.39, 0.29) is 51.5 Å². The minimum absolute atomic E-state index is 0.0374. The summed E-state index contributed by atoms with van der Waals surface area (Å²) in [6.07, 6.45) is 5.07. The van der Waals surface area contributed by atoms with Crippen molar-refractivity contribution in [2.45, 2.75) is 26.2 Å². The Balaban J connectivity index is 0.000000179. The summed E-state index contributed by atoms with van der Waals surface area (Å²) in [5.41, 5.74) is -1.47. The maximum atomic E-state index is 14.3. The van der Waals surface area contributed by atoms with Crippen molar-refractivity contribution < 1.29 is 36.9 Å². The standard InChI is InChI=1S/C16H13ClF2N2O3.C13H11ClF2N2O3/c1-2-5-24-13-8-10(11(18)9-12(13)19)14-15(17)20-3-6-23-7-4-21(20)16(14)22;14-12-11(7-5-10(19)9(16)6-8(7)15)13(20)18-2-4-21-3-1-17(12)18/h1,8-9H,3-7H2;5-6,19H,1-4H2. The van der Waals surface area contributed by atoms with Crippen molar-refractivity contribution in [2.24, 2.45) is 0 Å². The van der Waals surface area contributed by atoms with Crippen LogP contribution < -0.4 is 15.9 Å². The summed E-state index contributed by atoms with van der Waals surface area (Å²) in [5.74, 6) is -2.65. The Bertz CT molecular complexity index is 1930. The zero-order valence-corrected chi connectivity index (χ0v) is 24.8. The lowest BCUT2D eigenvalue weighted by Gasteiger charge is -2.08. The number of halogens is 6. The van der Waals surface area contributed by atoms with Crippen molar-refractivity contribution in [3.8, 4) is 46.1 Å². The molecule has 0 saturated heterocycles. The fourth-order valence-corrected chi connectivity index (χ4v) is 5.66. The van der Waals surface area contributed by atoms with Crippen LogP contribution in [0.5, 0.6) is 11.5 Å². The molecule has 2 aliphatic heterocycles. The van der Waals surface area contributed by atoms with Gasteiger partial charge in [-0.25, -0.2) is 26.9 Å². The molecule has 6 rings (SSSR count). The van der Waals surface area contributed by atoms with Crippen LogP contribution in [-0.4, -0.2) is 56.9 Å². The average Bonchev–Trinajstić information content (AvgIpc) is 3.24. The van der Waals surface area contributed by atoms with Gasteiger partial charge in [0.1, 0.15) is 28.5 Å². The van der Waals surface area contributed by atoms with E-state index in [1.165, 1.54) is 18.7 Å². The molecule has 2 aromatic carbocycles. The molecule has 0 bridgehead atoms. The Hall–Kier alpha value is -4.16. The summed E-state index contributed by atoms with van der Waals surface area (Å²) < 4.78 is 76.4. The second-order valence-corrected chi connectivity index (χ2v) is 10.4. The third-order valence-corrected chi connectivity index (χ3v) is 7.81. The van der Waals surface area contributed by atoms with Crippen LogP contribution in [0.2, 0.25) is 10.3 Å². The molecule has 238 valence electrons. The first-order valence-corrected chi connectivity index (χ1v) is 14.2. The van der Waals surface area contributed by atoms with E-state index in [1.807, 2.05) is 0 Å². The van der Waals surface area contributed by atoms with E-state index in [0.29, 0.717) is 58.2 Å². The molecule has 0 unspecified atom stereocenters. The molecule has 0 amide bonds. The Labute approximate surface area is 262 Å². The lowest BCUT2D eigenvalue weighted by Crippen LogP contribution is -2.23. The van der Waals surface area contributed by atoms with Gasteiger partial charge in [-0.3, -0.25) is 19.0 Å². The number of phenolic OH excluding ortho intramolecular Hbond substituents is 1. The van der Waals surface area contributed by atoms with E-state index in [4.69, 9.17) is 43.8 Å². The second kappa shape index (κ2) is 13.5. The molecular weight excluding hydrogens is 647 g/mol. The van der Waals surface area contributed by atoms with Gasteiger partial charge >= 0.3 is 0 Å². The second-order valence-electron chi connectivity index (χ2n) is 9.70. The first-order chi connectivity index (χ1) is 21.5. The largest absolute Gasteiger partial charge is 0.505 e. The predicted octanol–water partition coefficient (Wildman–Crippen LogP) is 4.27. The number of rotatable bonds is 4. The molecule has 4 aromatic rings. The molecule has 45 heavy (non-hydrogen) atoms. The highest BCUT2D eigenvalue weighted by Gasteiger charge is 2.26. The highest BCUT2D eigenvalue weighted by molar-refractivity contribution is 6.32. The zero-order valence-electron chi connectivity index (χ0n) is 23.3. The highest BCUT2D eigenvalue weighted by atomic mass is 35.5. The Morgan fingerprint density at radius 2 is 1.18 bits per heavy atom. The van der Waals surface area contributed by atoms with E-state index in [1.54, 1.807) is 0 Å². The van der Waals surface area contributed by atoms with E-state index >= 15 is 0 Å². The van der Waals surface area contributed by atoms with Crippen molar-refractivity contribution in [3.05, 3.63) is 78.5 Å². The molecule has 0 atom stereocenters. The third kappa shape index (κ3) is 6.21. The van der Waals surface area contributed by atoms with Gasteiger partial charge in [-0.15, -0.1) is 6.42 Å². The van der Waals surface area contributed by atoms with Crippen LogP contribution in [-0.2, 0) is 35.7 Å². The van der Waals surface area contributed by atoms with Crippen molar-refractivity contribution >= 4 is 23.2 Å². The van der Waals surface area contributed by atoms with Crippen LogP contribution in [0.25, 0.3) is 22.3 Å². The smallest absolute Gasteiger partial charge is 0.276 e. The monoisotopic (exact) mass is 670 g/mol. The molecule has 1 N–H and O–H groups in total. The molecule has 0 aliphatic carbocycles. The van der Waals surface area contributed by atoms with Gasteiger partial charge in [0.25, 0.3) is 11.1 Å². The molecule has 16 heteroatoms. The summed E-state index contributed by atoms with van der Waals surface area (Å²) in [5, 5.41) is 9.50. The molecule has 2 aliphatic rings. The Morgan fingerprint density at radius 3 is 1.67 bits per heavy atom. The van der Waals surface area contributed by atoms with Crippen LogP contribution >= 0.6 is 23.2 Å². The number of nitrogens with zero attached hydrogens (tertiary/aromatic N) is 4. The van der Waals surface area contributed by atoms with Gasteiger partial charge in [0, 0.05) is 23.3 Å². The molecule has 10 nitrogen and oxygen atoms in total. The van der Waals surface area contributed by atoms with E-state index < -0.39 is 40.1 Å². The van der Waals surface area contributed by atoms with Crippen LogP contribution in [0.4, 0.5) is 17.6 Å².